The van der Waals surface area contributed by atoms with E-state index in [-0.39, 0.29) is 0 Å². The predicted octanol–water partition coefficient (Wildman–Crippen LogP) is 9.09. The summed E-state index contributed by atoms with van der Waals surface area (Å²) in [6.45, 7) is 3.97. The molecule has 0 aliphatic heterocycles. The summed E-state index contributed by atoms with van der Waals surface area (Å²) in [5.41, 5.74) is 6.20. The Morgan fingerprint density at radius 1 is 0.633 bits per heavy atom. The van der Waals surface area contributed by atoms with Crippen molar-refractivity contribution < 1.29 is 0 Å². The lowest BCUT2D eigenvalue weighted by molar-refractivity contribution is 0.891. The van der Waals surface area contributed by atoms with Crippen LogP contribution in [0.15, 0.2) is 54.6 Å². The molecule has 152 valence electrons. The quantitative estimate of drug-likeness (QED) is 0.277. The Labute approximate surface area is 199 Å². The van der Waals surface area contributed by atoms with Crippen molar-refractivity contribution in [3.8, 4) is 28.2 Å². The molecule has 0 bridgehead atoms. The minimum absolute atomic E-state index is 0.470. The number of benzene rings is 3. The van der Waals surface area contributed by atoms with E-state index >= 15 is 0 Å². The van der Waals surface area contributed by atoms with Gasteiger partial charge in [-0.3, -0.25) is 0 Å². The van der Waals surface area contributed by atoms with Gasteiger partial charge in [-0.25, -0.2) is 4.68 Å². The Morgan fingerprint density at radius 2 is 1.23 bits per heavy atom. The lowest BCUT2D eigenvalue weighted by atomic mass is 10.0. The van der Waals surface area contributed by atoms with E-state index in [2.05, 4.69) is 0 Å². The molecule has 0 N–H and O–H groups in total. The first-order valence-electron chi connectivity index (χ1n) is 9.03. The minimum atomic E-state index is 0.470. The van der Waals surface area contributed by atoms with Gasteiger partial charge in [0.05, 0.1) is 37.2 Å². The number of aryl methyl sites for hydroxylation is 1. The lowest BCUT2D eigenvalue weighted by Gasteiger charge is -2.11. The van der Waals surface area contributed by atoms with Gasteiger partial charge in [-0.05, 0) is 55.8 Å². The summed E-state index contributed by atoms with van der Waals surface area (Å²) in [4.78, 5) is 0. The lowest BCUT2D eigenvalue weighted by Crippen LogP contribution is -2.00. The number of rotatable bonds is 3. The van der Waals surface area contributed by atoms with E-state index in [4.69, 9.17) is 63.1 Å². The van der Waals surface area contributed by atoms with E-state index in [9.17, 15) is 0 Å². The van der Waals surface area contributed by atoms with Crippen molar-refractivity contribution in [3.63, 3.8) is 0 Å². The van der Waals surface area contributed by atoms with Gasteiger partial charge in [0, 0.05) is 21.7 Å². The van der Waals surface area contributed by atoms with E-state index < -0.39 is 0 Å². The third-order valence-electron chi connectivity index (χ3n) is 4.91. The Balaban J connectivity index is 2.00. The van der Waals surface area contributed by atoms with Gasteiger partial charge in [-0.2, -0.15) is 5.10 Å². The molecule has 1 heterocycles. The first-order chi connectivity index (χ1) is 14.3. The molecule has 1 aromatic heterocycles. The molecule has 0 spiro atoms. The summed E-state index contributed by atoms with van der Waals surface area (Å²) in [6, 6.07) is 16.8. The summed E-state index contributed by atoms with van der Waals surface area (Å²) >= 11 is 31.2. The predicted molar refractivity (Wildman–Crippen MR) is 129 cm³/mol. The van der Waals surface area contributed by atoms with E-state index in [0.717, 1.165) is 39.3 Å². The van der Waals surface area contributed by atoms with Gasteiger partial charge in [0.15, 0.2) is 0 Å². The van der Waals surface area contributed by atoms with Crippen LogP contribution in [0.5, 0.6) is 0 Å². The highest BCUT2D eigenvalue weighted by molar-refractivity contribution is 6.42. The molecule has 2 nitrogen and oxygen atoms in total. The van der Waals surface area contributed by atoms with E-state index in [0.29, 0.717) is 25.1 Å². The second-order valence-corrected chi connectivity index (χ2v) is 8.96. The molecular weight excluding hydrogens is 482 g/mol. The monoisotopic (exact) mass is 494 g/mol. The van der Waals surface area contributed by atoms with Crippen molar-refractivity contribution in [2.45, 2.75) is 13.8 Å². The van der Waals surface area contributed by atoms with Crippen LogP contribution in [0.1, 0.15) is 11.1 Å². The van der Waals surface area contributed by atoms with Crippen LogP contribution < -0.4 is 0 Å². The summed E-state index contributed by atoms with van der Waals surface area (Å²) in [5.74, 6) is 0. The zero-order valence-electron chi connectivity index (χ0n) is 16.0. The van der Waals surface area contributed by atoms with Crippen molar-refractivity contribution in [2.75, 3.05) is 0 Å². The molecule has 0 aliphatic rings. The second-order valence-electron chi connectivity index (χ2n) is 6.93. The van der Waals surface area contributed by atoms with Crippen LogP contribution >= 0.6 is 58.0 Å². The molecule has 4 aromatic rings. The van der Waals surface area contributed by atoms with Crippen LogP contribution in [0.2, 0.25) is 25.1 Å². The van der Waals surface area contributed by atoms with Gasteiger partial charge in [0.2, 0.25) is 0 Å². The van der Waals surface area contributed by atoms with Crippen LogP contribution in [0.25, 0.3) is 28.2 Å². The molecule has 3 aromatic carbocycles. The molecule has 4 rings (SSSR count). The summed E-state index contributed by atoms with van der Waals surface area (Å²) in [7, 11) is 0. The van der Waals surface area contributed by atoms with E-state index in [1.165, 1.54) is 0 Å². The Bertz CT molecular complexity index is 1280. The van der Waals surface area contributed by atoms with Crippen LogP contribution in [0.4, 0.5) is 0 Å². The smallest absolute Gasteiger partial charge is 0.0963 e. The highest BCUT2D eigenvalue weighted by Crippen LogP contribution is 2.38. The standard InChI is InChI=1S/C23H15Cl5N2/c1-12-3-6-16(11-19(12)26)30-23(15-5-8-18(25)21(28)10-15)13(2)22(29-30)14-4-7-17(24)20(27)9-14/h3-11H,1-2H3. The number of hydrogen-bond acceptors (Lipinski definition) is 1. The second kappa shape index (κ2) is 8.45. The summed E-state index contributed by atoms with van der Waals surface area (Å²) in [5, 5.41) is 7.49. The average Bonchev–Trinajstić information content (AvgIpc) is 3.05. The summed E-state index contributed by atoms with van der Waals surface area (Å²) in [6.07, 6.45) is 0. The van der Waals surface area contributed by atoms with Crippen molar-refractivity contribution >= 4 is 58.0 Å². The van der Waals surface area contributed by atoms with Crippen molar-refractivity contribution in [3.05, 3.63) is 90.8 Å². The highest BCUT2D eigenvalue weighted by Gasteiger charge is 2.20. The van der Waals surface area contributed by atoms with Crippen molar-refractivity contribution in [2.24, 2.45) is 0 Å². The third kappa shape index (κ3) is 3.95. The average molecular weight is 497 g/mol. The molecule has 0 amide bonds. The van der Waals surface area contributed by atoms with Gasteiger partial charge in [0.25, 0.3) is 0 Å². The number of aromatic nitrogens is 2. The highest BCUT2D eigenvalue weighted by atomic mass is 35.5. The maximum Gasteiger partial charge on any atom is 0.0963 e. The Kier molecular flexibility index (Phi) is 6.07. The van der Waals surface area contributed by atoms with E-state index in [1.54, 1.807) is 12.1 Å². The molecule has 0 aliphatic carbocycles. The molecule has 7 heteroatoms. The van der Waals surface area contributed by atoms with Gasteiger partial charge >= 0.3 is 0 Å². The maximum atomic E-state index is 6.40. The van der Waals surface area contributed by atoms with Gasteiger partial charge < -0.3 is 0 Å². The SMILES string of the molecule is Cc1ccc(-n2nc(-c3ccc(Cl)c(Cl)c3)c(C)c2-c2ccc(Cl)c(Cl)c2)cc1Cl. The normalized spacial score (nSPS) is 11.2. The Morgan fingerprint density at radius 3 is 1.83 bits per heavy atom. The first kappa shape index (κ1) is 21.5. The fourth-order valence-electron chi connectivity index (χ4n) is 3.30. The molecule has 0 unspecified atom stereocenters. The van der Waals surface area contributed by atoms with Gasteiger partial charge in [0.1, 0.15) is 0 Å². The van der Waals surface area contributed by atoms with Crippen LogP contribution in [0, 0.1) is 13.8 Å². The molecule has 0 saturated carbocycles. The maximum absolute atomic E-state index is 6.40. The topological polar surface area (TPSA) is 17.8 Å². The molecular formula is C23H15Cl5N2. The zero-order valence-corrected chi connectivity index (χ0v) is 19.8. The van der Waals surface area contributed by atoms with Crippen LogP contribution in [0.3, 0.4) is 0 Å². The fourth-order valence-corrected chi connectivity index (χ4v) is 4.07. The third-order valence-corrected chi connectivity index (χ3v) is 6.79. The molecule has 0 fully saturated rings. The summed E-state index contributed by atoms with van der Waals surface area (Å²) < 4.78 is 1.86. The number of hydrogen-bond donors (Lipinski definition) is 0. The van der Waals surface area contributed by atoms with Gasteiger partial charge in [-0.1, -0.05) is 76.2 Å². The molecule has 0 atom stereocenters. The fraction of sp³-hybridized carbons (Fsp3) is 0.0870. The largest absolute Gasteiger partial charge is 0.232 e. The molecule has 0 saturated heterocycles. The van der Waals surface area contributed by atoms with Crippen molar-refractivity contribution in [1.82, 2.24) is 9.78 Å². The van der Waals surface area contributed by atoms with Gasteiger partial charge in [-0.15, -0.1) is 0 Å². The number of halogens is 5. The van der Waals surface area contributed by atoms with E-state index in [1.807, 2.05) is 61.0 Å². The van der Waals surface area contributed by atoms with Crippen molar-refractivity contribution in [1.29, 1.82) is 0 Å². The molecule has 30 heavy (non-hydrogen) atoms. The molecule has 0 radical (unpaired) electrons. The number of nitrogens with zero attached hydrogens (tertiary/aromatic N) is 2. The minimum Gasteiger partial charge on any atom is -0.232 e. The Hall–Kier alpha value is -1.68. The van der Waals surface area contributed by atoms with Crippen LogP contribution in [-0.2, 0) is 0 Å². The zero-order chi connectivity index (χ0) is 21.6. The first-order valence-corrected chi connectivity index (χ1v) is 10.9. The van der Waals surface area contributed by atoms with Crippen LogP contribution in [-0.4, -0.2) is 9.78 Å².